The summed E-state index contributed by atoms with van der Waals surface area (Å²) in [6.45, 7) is 7.34. The van der Waals surface area contributed by atoms with Gasteiger partial charge in [-0.2, -0.15) is 0 Å². The molecule has 0 aliphatic rings. The van der Waals surface area contributed by atoms with Crippen molar-refractivity contribution in [3.63, 3.8) is 0 Å². The Kier molecular flexibility index (Phi) is 11.9. The first kappa shape index (κ1) is 32.1. The standard InChI is InChI=1S/C29H40N4O7/c1-16(2)13-22(30)26(36)33-25(17(3)4)28(38)31-23(14-18-5-9-20(34)10-6-18)27(37)32-24(29(39)40)15-19-7-11-21(35)12-8-19/h5-12,16-17,22-25,34-35H,13-15,30H2,1-4H3,(H,31,38)(H,32,37)(H,33,36)(H,39,40). The normalized spacial score (nSPS) is 14.2. The van der Waals surface area contributed by atoms with Crippen LogP contribution in [0.2, 0.25) is 0 Å². The summed E-state index contributed by atoms with van der Waals surface area (Å²) in [4.78, 5) is 51.3. The minimum absolute atomic E-state index is 0.00493. The van der Waals surface area contributed by atoms with Crippen LogP contribution >= 0.6 is 0 Å². The number of rotatable bonds is 14. The molecule has 40 heavy (non-hydrogen) atoms. The van der Waals surface area contributed by atoms with Crippen LogP contribution in [-0.4, -0.2) is 63.2 Å². The molecule has 218 valence electrons. The van der Waals surface area contributed by atoms with E-state index in [2.05, 4.69) is 16.0 Å². The lowest BCUT2D eigenvalue weighted by Crippen LogP contribution is -2.59. The third kappa shape index (κ3) is 10.2. The van der Waals surface area contributed by atoms with Gasteiger partial charge >= 0.3 is 5.97 Å². The van der Waals surface area contributed by atoms with Crippen molar-refractivity contribution in [3.8, 4) is 11.5 Å². The molecule has 2 rings (SSSR count). The molecule has 11 heteroatoms. The summed E-state index contributed by atoms with van der Waals surface area (Å²) in [5.41, 5.74) is 7.17. The van der Waals surface area contributed by atoms with Gasteiger partial charge in [-0.1, -0.05) is 52.0 Å². The molecule has 0 saturated carbocycles. The van der Waals surface area contributed by atoms with Gasteiger partial charge in [-0.3, -0.25) is 14.4 Å². The number of phenolic OH excluding ortho intramolecular Hbond substituents is 2. The molecular formula is C29H40N4O7. The first-order chi connectivity index (χ1) is 18.8. The van der Waals surface area contributed by atoms with Gasteiger partial charge in [0.2, 0.25) is 17.7 Å². The molecule has 0 heterocycles. The van der Waals surface area contributed by atoms with Gasteiger partial charge in [0.05, 0.1) is 6.04 Å². The number of amides is 3. The lowest BCUT2D eigenvalue weighted by atomic mass is 9.99. The lowest BCUT2D eigenvalue weighted by Gasteiger charge is -2.27. The summed E-state index contributed by atoms with van der Waals surface area (Å²) >= 11 is 0. The van der Waals surface area contributed by atoms with E-state index in [0.717, 1.165) is 0 Å². The summed E-state index contributed by atoms with van der Waals surface area (Å²) in [5.74, 6) is -3.24. The van der Waals surface area contributed by atoms with Gasteiger partial charge < -0.3 is 37.0 Å². The van der Waals surface area contributed by atoms with E-state index in [1.54, 1.807) is 38.1 Å². The van der Waals surface area contributed by atoms with Crippen molar-refractivity contribution in [2.45, 2.75) is 71.1 Å². The minimum Gasteiger partial charge on any atom is -0.508 e. The third-order valence-electron chi connectivity index (χ3n) is 6.31. The van der Waals surface area contributed by atoms with Gasteiger partial charge in [-0.15, -0.1) is 0 Å². The van der Waals surface area contributed by atoms with Crippen molar-refractivity contribution in [3.05, 3.63) is 59.7 Å². The Morgan fingerprint density at radius 1 is 0.700 bits per heavy atom. The highest BCUT2D eigenvalue weighted by Crippen LogP contribution is 2.14. The summed E-state index contributed by atoms with van der Waals surface area (Å²) in [5, 5.41) is 36.7. The molecule has 0 saturated heterocycles. The molecule has 0 radical (unpaired) electrons. The van der Waals surface area contributed by atoms with E-state index in [4.69, 9.17) is 5.73 Å². The van der Waals surface area contributed by atoms with Crippen LogP contribution in [0.4, 0.5) is 0 Å². The average molecular weight is 557 g/mol. The third-order valence-corrected chi connectivity index (χ3v) is 6.31. The average Bonchev–Trinajstić information content (AvgIpc) is 2.87. The fourth-order valence-corrected chi connectivity index (χ4v) is 4.09. The maximum atomic E-state index is 13.4. The van der Waals surface area contributed by atoms with Crippen LogP contribution in [0.5, 0.6) is 11.5 Å². The second kappa shape index (κ2) is 14.9. The number of nitrogens with one attached hydrogen (secondary N) is 3. The molecule has 8 N–H and O–H groups in total. The number of hydrogen-bond acceptors (Lipinski definition) is 7. The van der Waals surface area contributed by atoms with Crippen LogP contribution in [0.15, 0.2) is 48.5 Å². The quantitative estimate of drug-likeness (QED) is 0.182. The molecule has 2 aromatic rings. The van der Waals surface area contributed by atoms with Crippen molar-refractivity contribution < 1.29 is 34.5 Å². The molecule has 4 unspecified atom stereocenters. The maximum Gasteiger partial charge on any atom is 0.326 e. The van der Waals surface area contributed by atoms with E-state index in [0.29, 0.717) is 17.5 Å². The first-order valence-electron chi connectivity index (χ1n) is 13.2. The Bertz CT molecular complexity index is 1150. The Morgan fingerprint density at radius 3 is 1.57 bits per heavy atom. The number of nitrogens with two attached hydrogens (primary N) is 1. The summed E-state index contributed by atoms with van der Waals surface area (Å²) < 4.78 is 0. The number of aliphatic carboxylic acids is 1. The Morgan fingerprint density at radius 2 is 1.15 bits per heavy atom. The van der Waals surface area contributed by atoms with E-state index in [1.807, 2.05) is 13.8 Å². The largest absolute Gasteiger partial charge is 0.508 e. The van der Waals surface area contributed by atoms with Crippen LogP contribution in [0, 0.1) is 11.8 Å². The Hall–Kier alpha value is -4.12. The molecule has 0 aliphatic carbocycles. The number of aromatic hydroxyl groups is 2. The summed E-state index contributed by atoms with van der Waals surface area (Å²) in [7, 11) is 0. The van der Waals surface area contributed by atoms with Gasteiger partial charge in [0, 0.05) is 12.8 Å². The maximum absolute atomic E-state index is 13.4. The molecule has 0 bridgehead atoms. The highest BCUT2D eigenvalue weighted by Gasteiger charge is 2.32. The predicted molar refractivity (Wildman–Crippen MR) is 149 cm³/mol. The van der Waals surface area contributed by atoms with Crippen molar-refractivity contribution in [2.24, 2.45) is 17.6 Å². The fourth-order valence-electron chi connectivity index (χ4n) is 4.09. The molecule has 11 nitrogen and oxygen atoms in total. The zero-order valence-corrected chi connectivity index (χ0v) is 23.3. The van der Waals surface area contributed by atoms with Gasteiger partial charge in [-0.25, -0.2) is 4.79 Å². The van der Waals surface area contributed by atoms with Crippen LogP contribution in [-0.2, 0) is 32.0 Å². The number of carbonyl (C=O) groups is 4. The predicted octanol–water partition coefficient (Wildman–Crippen LogP) is 1.45. The van der Waals surface area contributed by atoms with Crippen molar-refractivity contribution in [1.82, 2.24) is 16.0 Å². The monoisotopic (exact) mass is 556 g/mol. The number of benzene rings is 2. The van der Waals surface area contributed by atoms with E-state index >= 15 is 0 Å². The highest BCUT2D eigenvalue weighted by molar-refractivity contribution is 5.94. The van der Waals surface area contributed by atoms with Crippen molar-refractivity contribution >= 4 is 23.7 Å². The zero-order chi connectivity index (χ0) is 30.0. The second-order valence-corrected chi connectivity index (χ2v) is 10.7. The summed E-state index contributed by atoms with van der Waals surface area (Å²) in [6, 6.07) is 7.66. The number of carbonyl (C=O) groups excluding carboxylic acids is 3. The molecule has 0 aliphatic heterocycles. The van der Waals surface area contributed by atoms with E-state index in [1.165, 1.54) is 24.3 Å². The number of hydrogen-bond donors (Lipinski definition) is 7. The van der Waals surface area contributed by atoms with Crippen LogP contribution in [0.1, 0.15) is 45.2 Å². The lowest BCUT2D eigenvalue weighted by molar-refractivity contribution is -0.142. The van der Waals surface area contributed by atoms with Gasteiger partial charge in [-0.05, 0) is 53.6 Å². The number of carboxylic acid groups (broad SMARTS) is 1. The molecular weight excluding hydrogens is 516 g/mol. The summed E-state index contributed by atoms with van der Waals surface area (Å²) in [6.07, 6.45) is 0.371. The minimum atomic E-state index is -1.31. The molecule has 0 fully saturated rings. The van der Waals surface area contributed by atoms with E-state index < -0.39 is 47.9 Å². The highest BCUT2D eigenvalue weighted by atomic mass is 16.4. The molecule has 0 spiro atoms. The number of phenols is 2. The second-order valence-electron chi connectivity index (χ2n) is 10.7. The molecule has 4 atom stereocenters. The van der Waals surface area contributed by atoms with Crippen molar-refractivity contribution in [1.29, 1.82) is 0 Å². The Labute approximate surface area is 234 Å². The van der Waals surface area contributed by atoms with E-state index in [9.17, 15) is 34.5 Å². The fraction of sp³-hybridized carbons (Fsp3) is 0.448. The van der Waals surface area contributed by atoms with Crippen LogP contribution in [0.25, 0.3) is 0 Å². The first-order valence-corrected chi connectivity index (χ1v) is 13.2. The van der Waals surface area contributed by atoms with Crippen LogP contribution < -0.4 is 21.7 Å². The smallest absolute Gasteiger partial charge is 0.326 e. The van der Waals surface area contributed by atoms with E-state index in [-0.39, 0.29) is 36.2 Å². The van der Waals surface area contributed by atoms with Crippen molar-refractivity contribution in [2.75, 3.05) is 0 Å². The molecule has 0 aromatic heterocycles. The molecule has 3 amide bonds. The topological polar surface area (TPSA) is 191 Å². The van der Waals surface area contributed by atoms with Crippen LogP contribution in [0.3, 0.4) is 0 Å². The zero-order valence-electron chi connectivity index (χ0n) is 23.3. The van der Waals surface area contributed by atoms with Gasteiger partial charge in [0.25, 0.3) is 0 Å². The number of carboxylic acids is 1. The van der Waals surface area contributed by atoms with Gasteiger partial charge in [0.15, 0.2) is 0 Å². The molecule has 2 aromatic carbocycles. The van der Waals surface area contributed by atoms with Gasteiger partial charge in [0.1, 0.15) is 29.6 Å². The SMILES string of the molecule is CC(C)CC(N)C(=O)NC(C(=O)NC(Cc1ccc(O)cc1)C(=O)NC(Cc1ccc(O)cc1)C(=O)O)C(C)C. The Balaban J connectivity index is 2.25.